The highest BCUT2D eigenvalue weighted by Crippen LogP contribution is 2.25. The average molecular weight is 596 g/mol. The number of carbonyl (C=O) groups is 2. The van der Waals surface area contributed by atoms with Crippen molar-refractivity contribution in [1.29, 1.82) is 0 Å². The van der Waals surface area contributed by atoms with Crippen molar-refractivity contribution in [3.05, 3.63) is 101 Å². The van der Waals surface area contributed by atoms with E-state index >= 15 is 0 Å². The minimum atomic E-state index is -3.82. The molecule has 0 bridgehead atoms. The summed E-state index contributed by atoms with van der Waals surface area (Å²) in [5.74, 6) is -0.709. The van der Waals surface area contributed by atoms with Gasteiger partial charge in [0.1, 0.15) is 12.6 Å². The summed E-state index contributed by atoms with van der Waals surface area (Å²) in [6, 6.07) is 23.1. The van der Waals surface area contributed by atoms with E-state index in [4.69, 9.17) is 11.6 Å². The quantitative estimate of drug-likeness (QED) is 0.305. The molecule has 0 spiro atoms. The summed E-state index contributed by atoms with van der Waals surface area (Å²) in [4.78, 5) is 29.6. The lowest BCUT2D eigenvalue weighted by atomic mass is 10.0. The Labute approximate surface area is 248 Å². The topological polar surface area (TPSA) is 86.8 Å². The fourth-order valence-electron chi connectivity index (χ4n) is 5.40. The number of para-hydroxylation sites is 1. The van der Waals surface area contributed by atoms with E-state index < -0.39 is 28.5 Å². The first-order valence-corrected chi connectivity index (χ1v) is 16.3. The number of anilines is 1. The fourth-order valence-corrected chi connectivity index (χ4v) is 6.49. The molecule has 1 saturated carbocycles. The van der Waals surface area contributed by atoms with E-state index in [0.29, 0.717) is 17.1 Å². The summed E-state index contributed by atoms with van der Waals surface area (Å²) in [6.45, 7) is 1.61. The Bertz CT molecular complexity index is 1440. The van der Waals surface area contributed by atoms with E-state index in [1.54, 1.807) is 30.3 Å². The van der Waals surface area contributed by atoms with Crippen LogP contribution in [0.15, 0.2) is 78.9 Å². The molecule has 1 aliphatic rings. The van der Waals surface area contributed by atoms with Crippen molar-refractivity contribution in [3.63, 3.8) is 0 Å². The van der Waals surface area contributed by atoms with E-state index in [1.807, 2.05) is 55.5 Å². The van der Waals surface area contributed by atoms with E-state index in [0.717, 1.165) is 52.9 Å². The Morgan fingerprint density at radius 3 is 2.27 bits per heavy atom. The summed E-state index contributed by atoms with van der Waals surface area (Å²) in [6.07, 6.45) is 5.91. The van der Waals surface area contributed by atoms with Crippen LogP contribution in [0.4, 0.5) is 5.69 Å². The third-order valence-corrected chi connectivity index (χ3v) is 8.90. The maximum Gasteiger partial charge on any atom is 0.244 e. The lowest BCUT2D eigenvalue weighted by Crippen LogP contribution is -2.54. The van der Waals surface area contributed by atoms with Crippen LogP contribution in [0.25, 0.3) is 0 Å². The largest absolute Gasteiger partial charge is 0.352 e. The van der Waals surface area contributed by atoms with Crippen molar-refractivity contribution < 1.29 is 18.0 Å². The van der Waals surface area contributed by atoms with Crippen LogP contribution in [0.2, 0.25) is 5.02 Å². The number of carbonyl (C=O) groups excluding carboxylic acids is 2. The molecule has 3 aromatic carbocycles. The third-order valence-electron chi connectivity index (χ3n) is 7.54. The minimum Gasteiger partial charge on any atom is -0.352 e. The second kappa shape index (κ2) is 14.0. The molecule has 218 valence electrons. The molecule has 7 nitrogen and oxygen atoms in total. The highest BCUT2D eigenvalue weighted by atomic mass is 35.5. The molecule has 41 heavy (non-hydrogen) atoms. The molecule has 0 aromatic heterocycles. The molecule has 1 fully saturated rings. The van der Waals surface area contributed by atoms with Gasteiger partial charge in [-0.3, -0.25) is 13.9 Å². The van der Waals surface area contributed by atoms with Crippen LogP contribution in [-0.2, 0) is 39.0 Å². The van der Waals surface area contributed by atoms with Crippen LogP contribution in [0.5, 0.6) is 0 Å². The summed E-state index contributed by atoms with van der Waals surface area (Å²) >= 11 is 6.28. The Morgan fingerprint density at radius 2 is 1.61 bits per heavy atom. The Balaban J connectivity index is 1.74. The van der Waals surface area contributed by atoms with Crippen molar-refractivity contribution in [2.24, 2.45) is 0 Å². The molecule has 0 aliphatic heterocycles. The Morgan fingerprint density at radius 1 is 0.951 bits per heavy atom. The number of rotatable bonds is 12. The number of amides is 2. The van der Waals surface area contributed by atoms with Gasteiger partial charge in [0, 0.05) is 24.0 Å². The van der Waals surface area contributed by atoms with Crippen LogP contribution < -0.4 is 9.62 Å². The number of hydrogen-bond donors (Lipinski definition) is 1. The SMILES string of the molecule is CCc1ccccc1N(CC(=O)N(Cc1cccc(Cl)c1)[C@@H](Cc1ccccc1)C(=O)NC1CCCC1)S(C)(=O)=O. The number of aryl methyl sites for hydroxylation is 1. The van der Waals surface area contributed by atoms with Gasteiger partial charge in [-0.25, -0.2) is 8.42 Å². The number of benzene rings is 3. The smallest absolute Gasteiger partial charge is 0.244 e. The second-order valence-corrected chi connectivity index (χ2v) is 12.9. The van der Waals surface area contributed by atoms with Crippen LogP contribution in [-0.4, -0.2) is 50.0 Å². The molecule has 2 amide bonds. The first-order chi connectivity index (χ1) is 19.7. The molecular weight excluding hydrogens is 558 g/mol. The van der Waals surface area contributed by atoms with Gasteiger partial charge in [-0.2, -0.15) is 0 Å². The normalized spacial score (nSPS) is 14.4. The number of nitrogens with zero attached hydrogens (tertiary/aromatic N) is 2. The van der Waals surface area contributed by atoms with Gasteiger partial charge in [-0.1, -0.05) is 92.0 Å². The van der Waals surface area contributed by atoms with Crippen molar-refractivity contribution in [2.45, 2.75) is 64.1 Å². The van der Waals surface area contributed by atoms with Crippen LogP contribution in [0, 0.1) is 0 Å². The van der Waals surface area contributed by atoms with Crippen molar-refractivity contribution >= 4 is 39.1 Å². The van der Waals surface area contributed by atoms with E-state index in [-0.39, 0.29) is 24.9 Å². The molecule has 0 saturated heterocycles. The van der Waals surface area contributed by atoms with Gasteiger partial charge in [0.25, 0.3) is 0 Å². The van der Waals surface area contributed by atoms with Crippen LogP contribution in [0.3, 0.4) is 0 Å². The zero-order chi connectivity index (χ0) is 29.4. The van der Waals surface area contributed by atoms with E-state index in [1.165, 1.54) is 4.90 Å². The van der Waals surface area contributed by atoms with Crippen molar-refractivity contribution in [1.82, 2.24) is 10.2 Å². The second-order valence-electron chi connectivity index (χ2n) is 10.6. The summed E-state index contributed by atoms with van der Waals surface area (Å²) in [5.41, 5.74) is 2.92. The highest BCUT2D eigenvalue weighted by Gasteiger charge is 2.34. The van der Waals surface area contributed by atoms with E-state index in [2.05, 4.69) is 5.32 Å². The third kappa shape index (κ3) is 8.33. The van der Waals surface area contributed by atoms with Gasteiger partial charge >= 0.3 is 0 Å². The maximum absolute atomic E-state index is 14.2. The molecular formula is C32H38ClN3O4S. The standard InChI is InChI=1S/C32H38ClN3O4S/c1-3-26-15-7-10-19-29(26)36(41(2,39)40)23-31(37)35(22-25-14-11-16-27(33)20-25)30(21-24-12-5-4-6-13-24)32(38)34-28-17-8-9-18-28/h4-7,10-16,19-20,28,30H,3,8-9,17-18,21-23H2,1-2H3,(H,34,38)/t30-/m0/s1. The van der Waals surface area contributed by atoms with Crippen LogP contribution in [0.1, 0.15) is 49.3 Å². The van der Waals surface area contributed by atoms with Gasteiger partial charge in [0.15, 0.2) is 0 Å². The highest BCUT2D eigenvalue weighted by molar-refractivity contribution is 7.92. The first-order valence-electron chi connectivity index (χ1n) is 14.1. The van der Waals surface area contributed by atoms with Crippen molar-refractivity contribution in [2.75, 3.05) is 17.1 Å². The van der Waals surface area contributed by atoms with Gasteiger partial charge in [-0.05, 0) is 54.2 Å². The molecule has 1 aliphatic carbocycles. The summed E-state index contributed by atoms with van der Waals surface area (Å²) in [5, 5.41) is 3.69. The molecule has 1 N–H and O–H groups in total. The van der Waals surface area contributed by atoms with Gasteiger partial charge in [0.2, 0.25) is 21.8 Å². The minimum absolute atomic E-state index is 0.0628. The predicted octanol–water partition coefficient (Wildman–Crippen LogP) is 5.37. The zero-order valence-corrected chi connectivity index (χ0v) is 25.2. The lowest BCUT2D eigenvalue weighted by Gasteiger charge is -2.34. The average Bonchev–Trinajstić information content (AvgIpc) is 3.46. The number of nitrogens with one attached hydrogen (secondary N) is 1. The molecule has 9 heteroatoms. The lowest BCUT2D eigenvalue weighted by molar-refractivity contribution is -0.140. The number of hydrogen-bond acceptors (Lipinski definition) is 4. The Hall–Kier alpha value is -3.36. The molecule has 1 atom stereocenters. The monoisotopic (exact) mass is 595 g/mol. The molecule has 0 radical (unpaired) electrons. The van der Waals surface area contributed by atoms with Crippen molar-refractivity contribution in [3.8, 4) is 0 Å². The van der Waals surface area contributed by atoms with Gasteiger partial charge < -0.3 is 10.2 Å². The zero-order valence-electron chi connectivity index (χ0n) is 23.6. The maximum atomic E-state index is 14.2. The summed E-state index contributed by atoms with van der Waals surface area (Å²) in [7, 11) is -3.82. The number of sulfonamides is 1. The first kappa shape index (κ1) is 30.6. The fraction of sp³-hybridized carbons (Fsp3) is 0.375. The molecule has 0 heterocycles. The van der Waals surface area contributed by atoms with Crippen LogP contribution >= 0.6 is 11.6 Å². The molecule has 0 unspecified atom stereocenters. The molecule has 4 rings (SSSR count). The molecule has 3 aromatic rings. The van der Waals surface area contributed by atoms with Gasteiger partial charge in [-0.15, -0.1) is 0 Å². The van der Waals surface area contributed by atoms with Gasteiger partial charge in [0.05, 0.1) is 11.9 Å². The Kier molecular flexibility index (Phi) is 10.5. The summed E-state index contributed by atoms with van der Waals surface area (Å²) < 4.78 is 27.2. The number of halogens is 1. The van der Waals surface area contributed by atoms with E-state index in [9.17, 15) is 18.0 Å². The predicted molar refractivity (Wildman–Crippen MR) is 164 cm³/mol.